The van der Waals surface area contributed by atoms with E-state index in [2.05, 4.69) is 4.90 Å². The summed E-state index contributed by atoms with van der Waals surface area (Å²) < 4.78 is 38.4. The van der Waals surface area contributed by atoms with Gasteiger partial charge in [0.1, 0.15) is 0 Å². The second-order valence-corrected chi connectivity index (χ2v) is 8.26. The molecule has 2 aliphatic rings. The summed E-state index contributed by atoms with van der Waals surface area (Å²) in [5.74, 6) is 1.11. The second-order valence-electron chi connectivity index (χ2n) is 6.37. The maximum atomic E-state index is 13.1. The normalized spacial score (nSPS) is 21.8. The molecule has 1 saturated heterocycles. The Morgan fingerprint density at radius 2 is 2.00 bits per heavy atom. The molecule has 0 bridgehead atoms. The minimum Gasteiger partial charge on any atom is -0.454 e. The molecule has 2 aliphatic heterocycles. The molecule has 0 N–H and O–H groups in total. The third-order valence-corrected chi connectivity index (χ3v) is 6.38. The molecule has 0 amide bonds. The summed E-state index contributed by atoms with van der Waals surface area (Å²) in [5, 5.41) is 0. The molecule has 7 heteroatoms. The van der Waals surface area contributed by atoms with Crippen LogP contribution in [-0.2, 0) is 10.0 Å². The van der Waals surface area contributed by atoms with Gasteiger partial charge in [0.2, 0.25) is 16.8 Å². The SMILES string of the molecule is CN(C)CC[C@@H]1CCCCN1S(=O)(=O)c1ccc2c(c1)OCO2. The minimum atomic E-state index is -3.50. The molecule has 0 aliphatic carbocycles. The lowest BCUT2D eigenvalue weighted by atomic mass is 10.0. The van der Waals surface area contributed by atoms with Crippen molar-refractivity contribution in [1.29, 1.82) is 0 Å². The number of hydrogen-bond acceptors (Lipinski definition) is 5. The first-order valence-corrected chi connectivity index (χ1v) is 9.49. The number of benzene rings is 1. The largest absolute Gasteiger partial charge is 0.454 e. The maximum Gasteiger partial charge on any atom is 0.243 e. The van der Waals surface area contributed by atoms with Crippen molar-refractivity contribution in [2.45, 2.75) is 36.6 Å². The summed E-state index contributed by atoms with van der Waals surface area (Å²) in [6.07, 6.45) is 3.79. The first-order chi connectivity index (χ1) is 11.0. The van der Waals surface area contributed by atoms with Crippen LogP contribution < -0.4 is 9.47 Å². The molecule has 1 aromatic rings. The summed E-state index contributed by atoms with van der Waals surface area (Å²) in [5.41, 5.74) is 0. The monoisotopic (exact) mass is 340 g/mol. The molecule has 6 nitrogen and oxygen atoms in total. The number of rotatable bonds is 5. The molecule has 2 heterocycles. The average Bonchev–Trinajstić information content (AvgIpc) is 3.00. The van der Waals surface area contributed by atoms with Crippen molar-refractivity contribution in [3.05, 3.63) is 18.2 Å². The number of piperidine rings is 1. The number of fused-ring (bicyclic) bond motifs is 1. The molecule has 0 spiro atoms. The summed E-state index contributed by atoms with van der Waals surface area (Å²) in [6, 6.07) is 4.94. The quantitative estimate of drug-likeness (QED) is 0.819. The van der Waals surface area contributed by atoms with E-state index < -0.39 is 10.0 Å². The third kappa shape index (κ3) is 3.46. The van der Waals surface area contributed by atoms with Gasteiger partial charge in [-0.05, 0) is 52.0 Å². The number of hydrogen-bond donors (Lipinski definition) is 0. The molecule has 3 rings (SSSR count). The van der Waals surface area contributed by atoms with Crippen molar-refractivity contribution >= 4 is 10.0 Å². The van der Waals surface area contributed by atoms with Crippen LogP contribution in [0.15, 0.2) is 23.1 Å². The van der Waals surface area contributed by atoms with Gasteiger partial charge in [-0.2, -0.15) is 4.31 Å². The summed E-state index contributed by atoms with van der Waals surface area (Å²) in [4.78, 5) is 2.39. The van der Waals surface area contributed by atoms with E-state index in [9.17, 15) is 8.42 Å². The fourth-order valence-electron chi connectivity index (χ4n) is 3.16. The first-order valence-electron chi connectivity index (χ1n) is 8.05. The lowest BCUT2D eigenvalue weighted by Gasteiger charge is -2.35. The zero-order valence-electron chi connectivity index (χ0n) is 13.7. The molecule has 0 aromatic heterocycles. The van der Waals surface area contributed by atoms with Crippen molar-refractivity contribution < 1.29 is 17.9 Å². The Kier molecular flexibility index (Phi) is 4.79. The lowest BCUT2D eigenvalue weighted by Crippen LogP contribution is -2.44. The van der Waals surface area contributed by atoms with Crippen LogP contribution in [0.2, 0.25) is 0 Å². The molecule has 0 unspecified atom stereocenters. The van der Waals surface area contributed by atoms with Gasteiger partial charge >= 0.3 is 0 Å². The van der Waals surface area contributed by atoms with Gasteiger partial charge in [0, 0.05) is 18.7 Å². The van der Waals surface area contributed by atoms with Crippen LogP contribution in [0.1, 0.15) is 25.7 Å². The van der Waals surface area contributed by atoms with Crippen LogP contribution in [0, 0.1) is 0 Å². The highest BCUT2D eigenvalue weighted by Crippen LogP contribution is 2.36. The highest BCUT2D eigenvalue weighted by Gasteiger charge is 2.34. The number of ether oxygens (including phenoxy) is 2. The van der Waals surface area contributed by atoms with E-state index in [1.54, 1.807) is 22.5 Å². The van der Waals surface area contributed by atoms with Crippen LogP contribution in [-0.4, -0.2) is 57.6 Å². The Bertz CT molecular complexity index is 660. The minimum absolute atomic E-state index is 0.0709. The van der Waals surface area contributed by atoms with E-state index in [1.807, 2.05) is 14.1 Å². The molecular formula is C16H24N2O4S. The van der Waals surface area contributed by atoms with E-state index in [-0.39, 0.29) is 12.8 Å². The molecular weight excluding hydrogens is 316 g/mol. The van der Waals surface area contributed by atoms with E-state index in [0.29, 0.717) is 22.9 Å². The van der Waals surface area contributed by atoms with Crippen LogP contribution >= 0.6 is 0 Å². The molecule has 23 heavy (non-hydrogen) atoms. The Labute approximate surface area is 138 Å². The Hall–Kier alpha value is -1.31. The Morgan fingerprint density at radius 1 is 1.22 bits per heavy atom. The van der Waals surface area contributed by atoms with Crippen LogP contribution in [0.3, 0.4) is 0 Å². The topological polar surface area (TPSA) is 59.1 Å². The molecule has 1 fully saturated rings. The van der Waals surface area contributed by atoms with Gasteiger partial charge in [0.25, 0.3) is 0 Å². The van der Waals surface area contributed by atoms with Crippen molar-refractivity contribution in [3.8, 4) is 11.5 Å². The average molecular weight is 340 g/mol. The highest BCUT2D eigenvalue weighted by atomic mass is 32.2. The lowest BCUT2D eigenvalue weighted by molar-refractivity contribution is 0.174. The van der Waals surface area contributed by atoms with E-state index in [0.717, 1.165) is 32.2 Å². The van der Waals surface area contributed by atoms with Crippen LogP contribution in [0.4, 0.5) is 0 Å². The molecule has 0 saturated carbocycles. The zero-order valence-corrected chi connectivity index (χ0v) is 14.5. The van der Waals surface area contributed by atoms with Gasteiger partial charge in [0.05, 0.1) is 4.90 Å². The third-order valence-electron chi connectivity index (χ3n) is 4.43. The van der Waals surface area contributed by atoms with Gasteiger partial charge in [-0.3, -0.25) is 0 Å². The van der Waals surface area contributed by atoms with Crippen molar-refractivity contribution in [2.75, 3.05) is 34.0 Å². The van der Waals surface area contributed by atoms with E-state index in [1.165, 1.54) is 0 Å². The van der Waals surface area contributed by atoms with Gasteiger partial charge in [-0.15, -0.1) is 0 Å². The Morgan fingerprint density at radius 3 is 2.78 bits per heavy atom. The van der Waals surface area contributed by atoms with Crippen molar-refractivity contribution in [2.24, 2.45) is 0 Å². The fraction of sp³-hybridized carbons (Fsp3) is 0.625. The maximum absolute atomic E-state index is 13.1. The van der Waals surface area contributed by atoms with Crippen LogP contribution in [0.5, 0.6) is 11.5 Å². The molecule has 128 valence electrons. The highest BCUT2D eigenvalue weighted by molar-refractivity contribution is 7.89. The first kappa shape index (κ1) is 16.5. The van der Waals surface area contributed by atoms with Crippen molar-refractivity contribution in [1.82, 2.24) is 9.21 Å². The predicted molar refractivity (Wildman–Crippen MR) is 87.3 cm³/mol. The van der Waals surface area contributed by atoms with Crippen molar-refractivity contribution in [3.63, 3.8) is 0 Å². The van der Waals surface area contributed by atoms with Gasteiger partial charge in [0.15, 0.2) is 11.5 Å². The summed E-state index contributed by atoms with van der Waals surface area (Å²) in [7, 11) is 0.525. The zero-order chi connectivity index (χ0) is 16.4. The van der Waals surface area contributed by atoms with Crippen LogP contribution in [0.25, 0.3) is 0 Å². The number of nitrogens with zero attached hydrogens (tertiary/aromatic N) is 2. The fourth-order valence-corrected chi connectivity index (χ4v) is 4.90. The van der Waals surface area contributed by atoms with Gasteiger partial charge in [-0.25, -0.2) is 8.42 Å². The second kappa shape index (κ2) is 6.67. The van der Waals surface area contributed by atoms with E-state index >= 15 is 0 Å². The van der Waals surface area contributed by atoms with Gasteiger partial charge in [-0.1, -0.05) is 6.42 Å². The van der Waals surface area contributed by atoms with E-state index in [4.69, 9.17) is 9.47 Å². The summed E-state index contributed by atoms with van der Waals surface area (Å²) >= 11 is 0. The Balaban J connectivity index is 1.84. The molecule has 1 aromatic carbocycles. The summed E-state index contributed by atoms with van der Waals surface area (Å²) in [6.45, 7) is 1.63. The number of sulfonamides is 1. The van der Waals surface area contributed by atoms with Gasteiger partial charge < -0.3 is 14.4 Å². The predicted octanol–water partition coefficient (Wildman–Crippen LogP) is 1.91. The smallest absolute Gasteiger partial charge is 0.243 e. The molecule has 0 radical (unpaired) electrons. The molecule has 1 atom stereocenters. The standard InChI is InChI=1S/C16H24N2O4S/c1-17(2)10-8-13-5-3-4-9-18(13)23(19,20)14-6-7-15-16(11-14)22-12-21-15/h6-7,11,13H,3-5,8-10,12H2,1-2H3/t13-/m0/s1.